The monoisotopic (exact) mass is 190 g/mol. The van der Waals surface area contributed by atoms with Gasteiger partial charge < -0.3 is 9.67 Å². The van der Waals surface area contributed by atoms with E-state index in [-0.39, 0.29) is 6.61 Å². The maximum absolute atomic E-state index is 8.42. The average molecular weight is 190 g/mol. The summed E-state index contributed by atoms with van der Waals surface area (Å²) in [5.41, 5.74) is 0. The molecule has 2 aromatic heterocycles. The number of pyridine rings is 1. The number of hydrogen-bond acceptors (Lipinski definition) is 2. The van der Waals surface area contributed by atoms with Crippen LogP contribution in [0.4, 0.5) is 0 Å². The van der Waals surface area contributed by atoms with Crippen molar-refractivity contribution in [3.05, 3.63) is 55.1 Å². The van der Waals surface area contributed by atoms with E-state index in [4.69, 9.17) is 5.11 Å². The van der Waals surface area contributed by atoms with E-state index < -0.39 is 0 Å². The summed E-state index contributed by atoms with van der Waals surface area (Å²) in [7, 11) is 0. The molecule has 2 aromatic rings. The molecule has 14 heavy (non-hydrogen) atoms. The van der Waals surface area contributed by atoms with Crippen LogP contribution < -0.4 is 0 Å². The van der Waals surface area contributed by atoms with Gasteiger partial charge in [-0.05, 0) is 24.3 Å². The lowest BCUT2D eigenvalue weighted by molar-refractivity contribution is 0.276. The molecule has 0 aliphatic rings. The highest BCUT2D eigenvalue weighted by molar-refractivity contribution is 4.90. The van der Waals surface area contributed by atoms with Gasteiger partial charge in [0, 0.05) is 31.3 Å². The number of aliphatic hydroxyl groups is 1. The van der Waals surface area contributed by atoms with Crippen molar-refractivity contribution in [2.75, 3.05) is 6.61 Å². The van der Waals surface area contributed by atoms with Gasteiger partial charge in [-0.15, -0.1) is 0 Å². The summed E-state index contributed by atoms with van der Waals surface area (Å²) >= 11 is 0. The van der Waals surface area contributed by atoms with Crippen LogP contribution in [0.15, 0.2) is 55.1 Å². The van der Waals surface area contributed by atoms with E-state index in [1.165, 1.54) is 0 Å². The lowest BCUT2D eigenvalue weighted by atomic mass is 10.5. The van der Waals surface area contributed by atoms with Gasteiger partial charge in [0.05, 0.1) is 6.61 Å². The van der Waals surface area contributed by atoms with E-state index in [0.717, 1.165) is 0 Å². The molecule has 0 aliphatic heterocycles. The predicted octanol–water partition coefficient (Wildman–Crippen LogP) is 1.56. The van der Waals surface area contributed by atoms with Crippen molar-refractivity contribution in [2.45, 2.75) is 6.54 Å². The molecule has 0 unspecified atom stereocenters. The molecule has 0 saturated heterocycles. The smallest absolute Gasteiger partial charge is 0.0610 e. The third-order valence-electron chi connectivity index (χ3n) is 1.59. The van der Waals surface area contributed by atoms with Crippen molar-refractivity contribution in [3.63, 3.8) is 0 Å². The molecule has 74 valence electrons. The summed E-state index contributed by atoms with van der Waals surface area (Å²) < 4.78 is 1.93. The Balaban J connectivity index is 0.000000146. The Bertz CT molecular complexity index is 278. The maximum Gasteiger partial charge on any atom is 0.0610 e. The molecule has 3 nitrogen and oxygen atoms in total. The topological polar surface area (TPSA) is 38.0 Å². The van der Waals surface area contributed by atoms with E-state index >= 15 is 0 Å². The zero-order valence-electron chi connectivity index (χ0n) is 7.95. The van der Waals surface area contributed by atoms with Gasteiger partial charge in [-0.3, -0.25) is 4.98 Å². The molecule has 0 aromatic carbocycles. The van der Waals surface area contributed by atoms with Crippen molar-refractivity contribution >= 4 is 0 Å². The zero-order valence-corrected chi connectivity index (χ0v) is 7.95. The van der Waals surface area contributed by atoms with Gasteiger partial charge in [-0.1, -0.05) is 6.07 Å². The zero-order chi connectivity index (χ0) is 10.1. The predicted molar refractivity (Wildman–Crippen MR) is 55.8 cm³/mol. The molecule has 0 aliphatic carbocycles. The minimum absolute atomic E-state index is 0.217. The van der Waals surface area contributed by atoms with E-state index in [9.17, 15) is 0 Å². The highest BCUT2D eigenvalue weighted by atomic mass is 16.3. The van der Waals surface area contributed by atoms with Gasteiger partial charge in [0.25, 0.3) is 0 Å². The molecule has 0 spiro atoms. The number of hydrogen-bond donors (Lipinski definition) is 1. The van der Waals surface area contributed by atoms with Crippen molar-refractivity contribution in [1.82, 2.24) is 9.55 Å². The number of aromatic nitrogens is 2. The summed E-state index contributed by atoms with van der Waals surface area (Å²) in [6.45, 7) is 0.918. The molecule has 2 heterocycles. The molecular weight excluding hydrogens is 176 g/mol. The lowest BCUT2D eigenvalue weighted by Crippen LogP contribution is -1.97. The fourth-order valence-corrected chi connectivity index (χ4v) is 0.947. The minimum Gasteiger partial charge on any atom is -0.395 e. The fraction of sp³-hybridized carbons (Fsp3) is 0.182. The van der Waals surface area contributed by atoms with Crippen LogP contribution in [-0.2, 0) is 6.54 Å². The molecule has 0 radical (unpaired) electrons. The molecule has 3 heteroatoms. The van der Waals surface area contributed by atoms with Crippen LogP contribution >= 0.6 is 0 Å². The summed E-state index contributed by atoms with van der Waals surface area (Å²) in [6.07, 6.45) is 7.35. The Kier molecular flexibility index (Phi) is 5.13. The normalized spacial score (nSPS) is 8.93. The van der Waals surface area contributed by atoms with E-state index in [1.807, 2.05) is 47.3 Å². The first-order valence-electron chi connectivity index (χ1n) is 4.50. The van der Waals surface area contributed by atoms with Crippen LogP contribution in [0, 0.1) is 0 Å². The van der Waals surface area contributed by atoms with Gasteiger partial charge >= 0.3 is 0 Å². The Morgan fingerprint density at radius 3 is 1.93 bits per heavy atom. The Morgan fingerprint density at radius 1 is 0.929 bits per heavy atom. The molecule has 0 fully saturated rings. The van der Waals surface area contributed by atoms with Gasteiger partial charge in [-0.25, -0.2) is 0 Å². The maximum atomic E-state index is 8.42. The first-order valence-corrected chi connectivity index (χ1v) is 4.50. The highest BCUT2D eigenvalue weighted by Crippen LogP contribution is 1.86. The summed E-state index contributed by atoms with van der Waals surface area (Å²) in [5.74, 6) is 0. The van der Waals surface area contributed by atoms with Crippen LogP contribution in [0.5, 0.6) is 0 Å². The second-order valence-electron chi connectivity index (χ2n) is 2.67. The van der Waals surface area contributed by atoms with Gasteiger partial charge in [0.1, 0.15) is 0 Å². The van der Waals surface area contributed by atoms with E-state index in [0.29, 0.717) is 6.54 Å². The van der Waals surface area contributed by atoms with Crippen LogP contribution in [0.25, 0.3) is 0 Å². The molecule has 0 atom stereocenters. The van der Waals surface area contributed by atoms with Crippen LogP contribution in [0.3, 0.4) is 0 Å². The molecule has 2 rings (SSSR count). The average Bonchev–Trinajstić information content (AvgIpc) is 2.75. The SMILES string of the molecule is OCCn1cccc1.c1ccncc1. The fourth-order valence-electron chi connectivity index (χ4n) is 0.947. The number of rotatable bonds is 2. The first-order chi connectivity index (χ1) is 6.93. The quantitative estimate of drug-likeness (QED) is 0.780. The number of nitrogens with zero attached hydrogens (tertiary/aromatic N) is 2. The van der Waals surface area contributed by atoms with Crippen LogP contribution in [0.2, 0.25) is 0 Å². The van der Waals surface area contributed by atoms with Crippen molar-refractivity contribution < 1.29 is 5.11 Å². The second-order valence-corrected chi connectivity index (χ2v) is 2.67. The summed E-state index contributed by atoms with van der Waals surface area (Å²) in [5, 5.41) is 8.42. The molecule has 0 bridgehead atoms. The van der Waals surface area contributed by atoms with Crippen LogP contribution in [0.1, 0.15) is 0 Å². The van der Waals surface area contributed by atoms with Crippen molar-refractivity contribution in [1.29, 1.82) is 0 Å². The minimum atomic E-state index is 0.217. The van der Waals surface area contributed by atoms with E-state index in [1.54, 1.807) is 12.4 Å². The lowest BCUT2D eigenvalue weighted by Gasteiger charge is -1.94. The van der Waals surface area contributed by atoms with Crippen molar-refractivity contribution in [3.8, 4) is 0 Å². The standard InChI is InChI=1S/C6H9NO.C5H5N/c8-6-5-7-3-1-2-4-7;1-2-4-6-5-3-1/h1-4,8H,5-6H2;1-5H. The number of aliphatic hydroxyl groups excluding tert-OH is 1. The molecular formula is C11H14N2O. The van der Waals surface area contributed by atoms with Gasteiger partial charge in [-0.2, -0.15) is 0 Å². The summed E-state index contributed by atoms with van der Waals surface area (Å²) in [4.78, 5) is 3.78. The van der Waals surface area contributed by atoms with Crippen LogP contribution in [-0.4, -0.2) is 21.3 Å². The Labute approximate surface area is 83.7 Å². The van der Waals surface area contributed by atoms with Gasteiger partial charge in [0.2, 0.25) is 0 Å². The largest absolute Gasteiger partial charge is 0.395 e. The summed E-state index contributed by atoms with van der Waals surface area (Å²) in [6, 6.07) is 9.60. The van der Waals surface area contributed by atoms with Crippen molar-refractivity contribution in [2.24, 2.45) is 0 Å². The molecule has 0 amide bonds. The highest BCUT2D eigenvalue weighted by Gasteiger charge is 1.81. The van der Waals surface area contributed by atoms with E-state index in [2.05, 4.69) is 4.98 Å². The second kappa shape index (κ2) is 6.86. The Morgan fingerprint density at radius 2 is 1.57 bits per heavy atom. The van der Waals surface area contributed by atoms with Gasteiger partial charge in [0.15, 0.2) is 0 Å². The Hall–Kier alpha value is -1.61. The molecule has 1 N–H and O–H groups in total. The third-order valence-corrected chi connectivity index (χ3v) is 1.59. The third kappa shape index (κ3) is 4.42. The molecule has 0 saturated carbocycles. The first kappa shape index (κ1) is 10.5.